The molecule has 3 aromatic carbocycles. The molecule has 0 spiro atoms. The maximum absolute atomic E-state index is 9.56. The second-order valence-electron chi connectivity index (χ2n) is 5.16. The standard InChI is InChI=1S/C18H17BN2O2/c22-19(23)17-12-11-16(20-14-7-3-1-4-8-14)13-18(17)21-15-9-5-2-6-10-15/h1-13,20-23H. The van der Waals surface area contributed by atoms with Crippen molar-refractivity contribution < 1.29 is 10.0 Å². The Balaban J connectivity index is 1.90. The van der Waals surface area contributed by atoms with Crippen molar-refractivity contribution in [1.82, 2.24) is 0 Å². The fourth-order valence-electron chi connectivity index (χ4n) is 2.33. The predicted molar refractivity (Wildman–Crippen MR) is 95.7 cm³/mol. The molecule has 0 atom stereocenters. The van der Waals surface area contributed by atoms with Gasteiger partial charge in [0, 0.05) is 28.2 Å². The lowest BCUT2D eigenvalue weighted by molar-refractivity contribution is 0.426. The molecule has 0 amide bonds. The lowest BCUT2D eigenvalue weighted by Crippen LogP contribution is -2.31. The van der Waals surface area contributed by atoms with Crippen LogP contribution in [0.2, 0.25) is 0 Å². The van der Waals surface area contributed by atoms with Crippen molar-refractivity contribution in [1.29, 1.82) is 0 Å². The molecule has 23 heavy (non-hydrogen) atoms. The molecular weight excluding hydrogens is 287 g/mol. The predicted octanol–water partition coefficient (Wildman–Crippen LogP) is 2.85. The summed E-state index contributed by atoms with van der Waals surface area (Å²) in [5.41, 5.74) is 3.78. The molecule has 0 radical (unpaired) electrons. The molecule has 0 aliphatic carbocycles. The van der Waals surface area contributed by atoms with E-state index < -0.39 is 7.12 Å². The Morgan fingerprint density at radius 2 is 1.17 bits per heavy atom. The van der Waals surface area contributed by atoms with Gasteiger partial charge in [-0.15, -0.1) is 0 Å². The average molecular weight is 304 g/mol. The molecule has 0 fully saturated rings. The minimum atomic E-state index is -1.54. The number of hydrogen-bond acceptors (Lipinski definition) is 4. The number of benzene rings is 3. The Morgan fingerprint density at radius 3 is 1.74 bits per heavy atom. The maximum atomic E-state index is 9.56. The van der Waals surface area contributed by atoms with Gasteiger partial charge in [0.05, 0.1) is 0 Å². The van der Waals surface area contributed by atoms with E-state index in [4.69, 9.17) is 0 Å². The molecule has 3 rings (SSSR count). The van der Waals surface area contributed by atoms with E-state index in [1.54, 1.807) is 6.07 Å². The number of rotatable bonds is 5. The maximum Gasteiger partial charge on any atom is 0.490 e. The molecule has 0 aliphatic heterocycles. The highest BCUT2D eigenvalue weighted by atomic mass is 16.4. The molecule has 4 nitrogen and oxygen atoms in total. The van der Waals surface area contributed by atoms with Gasteiger partial charge in [-0.1, -0.05) is 42.5 Å². The number of hydrogen-bond donors (Lipinski definition) is 4. The van der Waals surface area contributed by atoms with E-state index in [0.717, 1.165) is 17.1 Å². The van der Waals surface area contributed by atoms with Crippen molar-refractivity contribution >= 4 is 35.3 Å². The van der Waals surface area contributed by atoms with Gasteiger partial charge in [0.2, 0.25) is 0 Å². The summed E-state index contributed by atoms with van der Waals surface area (Å²) >= 11 is 0. The van der Waals surface area contributed by atoms with Crippen LogP contribution in [-0.2, 0) is 0 Å². The quantitative estimate of drug-likeness (QED) is 0.547. The molecule has 0 aromatic heterocycles. The Morgan fingerprint density at radius 1 is 0.609 bits per heavy atom. The normalized spacial score (nSPS) is 10.2. The van der Waals surface area contributed by atoms with E-state index in [1.165, 1.54) is 0 Å². The smallest absolute Gasteiger partial charge is 0.423 e. The molecular formula is C18H17BN2O2. The molecule has 0 aliphatic rings. The number of nitrogens with one attached hydrogen (secondary N) is 2. The zero-order chi connectivity index (χ0) is 16.1. The van der Waals surface area contributed by atoms with Gasteiger partial charge in [-0.05, 0) is 36.4 Å². The second kappa shape index (κ2) is 7.00. The van der Waals surface area contributed by atoms with Crippen LogP contribution in [0.5, 0.6) is 0 Å². The van der Waals surface area contributed by atoms with Crippen LogP contribution < -0.4 is 16.1 Å². The summed E-state index contributed by atoms with van der Waals surface area (Å²) in [4.78, 5) is 0. The van der Waals surface area contributed by atoms with Gasteiger partial charge in [0.15, 0.2) is 0 Å². The fraction of sp³-hybridized carbons (Fsp3) is 0. The van der Waals surface area contributed by atoms with Crippen LogP contribution in [0, 0.1) is 0 Å². The number of anilines is 4. The molecule has 0 saturated heterocycles. The SMILES string of the molecule is OB(O)c1ccc(Nc2ccccc2)cc1Nc1ccccc1. The van der Waals surface area contributed by atoms with Gasteiger partial charge < -0.3 is 20.7 Å². The third kappa shape index (κ3) is 3.91. The first-order valence-electron chi connectivity index (χ1n) is 7.36. The van der Waals surface area contributed by atoms with Crippen molar-refractivity contribution in [3.05, 3.63) is 78.9 Å². The molecule has 0 heterocycles. The van der Waals surface area contributed by atoms with Crippen LogP contribution in [0.4, 0.5) is 22.7 Å². The molecule has 114 valence electrons. The van der Waals surface area contributed by atoms with E-state index in [1.807, 2.05) is 72.8 Å². The lowest BCUT2D eigenvalue weighted by atomic mass is 9.78. The van der Waals surface area contributed by atoms with Crippen LogP contribution in [-0.4, -0.2) is 17.2 Å². The van der Waals surface area contributed by atoms with E-state index in [9.17, 15) is 10.0 Å². The van der Waals surface area contributed by atoms with Gasteiger partial charge in [-0.25, -0.2) is 0 Å². The molecule has 0 saturated carbocycles. The second-order valence-corrected chi connectivity index (χ2v) is 5.16. The topological polar surface area (TPSA) is 64.5 Å². The zero-order valence-corrected chi connectivity index (χ0v) is 12.5. The number of para-hydroxylation sites is 2. The largest absolute Gasteiger partial charge is 0.490 e. The minimum Gasteiger partial charge on any atom is -0.423 e. The summed E-state index contributed by atoms with van der Waals surface area (Å²) in [7, 11) is -1.54. The molecule has 4 N–H and O–H groups in total. The highest BCUT2D eigenvalue weighted by molar-refractivity contribution is 6.60. The van der Waals surface area contributed by atoms with Gasteiger partial charge in [0.25, 0.3) is 0 Å². The Bertz CT molecular complexity index is 764. The lowest BCUT2D eigenvalue weighted by Gasteiger charge is -2.15. The first-order valence-corrected chi connectivity index (χ1v) is 7.36. The van der Waals surface area contributed by atoms with Gasteiger partial charge in [-0.2, -0.15) is 0 Å². The van der Waals surface area contributed by atoms with Crippen LogP contribution >= 0.6 is 0 Å². The molecule has 0 unspecified atom stereocenters. The molecule has 3 aromatic rings. The van der Waals surface area contributed by atoms with Crippen molar-refractivity contribution in [2.24, 2.45) is 0 Å². The highest BCUT2D eigenvalue weighted by Gasteiger charge is 2.16. The summed E-state index contributed by atoms with van der Waals surface area (Å²) in [5, 5.41) is 25.6. The van der Waals surface area contributed by atoms with Gasteiger partial charge >= 0.3 is 7.12 Å². The summed E-state index contributed by atoms with van der Waals surface area (Å²) in [6, 6.07) is 24.8. The van der Waals surface area contributed by atoms with Gasteiger partial charge in [0.1, 0.15) is 0 Å². The van der Waals surface area contributed by atoms with Gasteiger partial charge in [-0.3, -0.25) is 0 Å². The van der Waals surface area contributed by atoms with Crippen LogP contribution in [0.25, 0.3) is 0 Å². The molecule has 5 heteroatoms. The highest BCUT2D eigenvalue weighted by Crippen LogP contribution is 2.21. The molecule has 0 bridgehead atoms. The first kappa shape index (κ1) is 15.2. The average Bonchev–Trinajstić information content (AvgIpc) is 2.57. The van der Waals surface area contributed by atoms with Crippen LogP contribution in [0.15, 0.2) is 78.9 Å². The Kier molecular flexibility index (Phi) is 4.61. The first-order chi connectivity index (χ1) is 11.2. The summed E-state index contributed by atoms with van der Waals surface area (Å²) in [5.74, 6) is 0. The van der Waals surface area contributed by atoms with E-state index in [2.05, 4.69) is 10.6 Å². The summed E-state index contributed by atoms with van der Waals surface area (Å²) in [6.07, 6.45) is 0. The minimum absolute atomic E-state index is 0.424. The Hall–Kier alpha value is -2.76. The van der Waals surface area contributed by atoms with E-state index >= 15 is 0 Å². The van der Waals surface area contributed by atoms with E-state index in [0.29, 0.717) is 11.2 Å². The summed E-state index contributed by atoms with van der Waals surface area (Å²) in [6.45, 7) is 0. The summed E-state index contributed by atoms with van der Waals surface area (Å²) < 4.78 is 0. The Labute approximate surface area is 135 Å². The third-order valence-corrected chi connectivity index (χ3v) is 3.45. The van der Waals surface area contributed by atoms with Crippen molar-refractivity contribution in [2.45, 2.75) is 0 Å². The van der Waals surface area contributed by atoms with Crippen molar-refractivity contribution in [3.8, 4) is 0 Å². The third-order valence-electron chi connectivity index (χ3n) is 3.45. The van der Waals surface area contributed by atoms with Crippen molar-refractivity contribution in [2.75, 3.05) is 10.6 Å². The van der Waals surface area contributed by atoms with Crippen LogP contribution in [0.3, 0.4) is 0 Å². The van der Waals surface area contributed by atoms with Crippen LogP contribution in [0.1, 0.15) is 0 Å². The van der Waals surface area contributed by atoms with E-state index in [-0.39, 0.29) is 0 Å². The van der Waals surface area contributed by atoms with Crippen molar-refractivity contribution in [3.63, 3.8) is 0 Å². The monoisotopic (exact) mass is 304 g/mol. The fourth-order valence-corrected chi connectivity index (χ4v) is 2.33. The zero-order valence-electron chi connectivity index (χ0n) is 12.5.